The molecular formula is C17H25N3O4S. The van der Waals surface area contributed by atoms with Crippen LogP contribution in [0.15, 0.2) is 29.2 Å². The topological polar surface area (TPSA) is 70.2 Å². The predicted octanol–water partition coefficient (Wildman–Crippen LogP) is 0.658. The average Bonchev–Trinajstić information content (AvgIpc) is 2.88. The molecule has 2 saturated heterocycles. The molecule has 1 atom stereocenters. The minimum atomic E-state index is -3.16. The number of fused-ring (bicyclic) bond motifs is 1. The third-order valence-corrected chi connectivity index (χ3v) is 5.97. The fourth-order valence-electron chi connectivity index (χ4n) is 3.47. The van der Waals surface area contributed by atoms with Crippen molar-refractivity contribution in [3.8, 4) is 0 Å². The van der Waals surface area contributed by atoms with Gasteiger partial charge in [-0.25, -0.2) is 13.2 Å². The molecule has 1 aromatic carbocycles. The van der Waals surface area contributed by atoms with Crippen LogP contribution in [0.2, 0.25) is 0 Å². The van der Waals surface area contributed by atoms with Gasteiger partial charge in [-0.15, -0.1) is 0 Å². The van der Waals surface area contributed by atoms with Crippen LogP contribution in [0.3, 0.4) is 0 Å². The molecule has 2 amide bonds. The summed E-state index contributed by atoms with van der Waals surface area (Å²) in [5.41, 5.74) is 1.08. The van der Waals surface area contributed by atoms with Gasteiger partial charge in [0.05, 0.1) is 17.5 Å². The minimum absolute atomic E-state index is 0.110. The second kappa shape index (κ2) is 7.31. The van der Waals surface area contributed by atoms with Crippen molar-refractivity contribution in [1.29, 1.82) is 0 Å². The Morgan fingerprint density at radius 3 is 2.52 bits per heavy atom. The van der Waals surface area contributed by atoms with Crippen LogP contribution in [0.5, 0.6) is 0 Å². The fraction of sp³-hybridized carbons (Fsp3) is 0.588. The number of amides is 2. The fourth-order valence-corrected chi connectivity index (χ4v) is 4.10. The van der Waals surface area contributed by atoms with Crippen LogP contribution in [-0.2, 0) is 21.1 Å². The van der Waals surface area contributed by atoms with Crippen molar-refractivity contribution >= 4 is 15.9 Å². The van der Waals surface area contributed by atoms with Gasteiger partial charge in [0, 0.05) is 52.6 Å². The molecule has 0 radical (unpaired) electrons. The summed E-state index contributed by atoms with van der Waals surface area (Å²) >= 11 is 0. The molecule has 2 heterocycles. The monoisotopic (exact) mass is 367 g/mol. The molecule has 2 aliphatic heterocycles. The highest BCUT2D eigenvalue weighted by Crippen LogP contribution is 2.22. The first-order valence-electron chi connectivity index (χ1n) is 8.44. The van der Waals surface area contributed by atoms with E-state index in [1.54, 1.807) is 19.2 Å². The number of hydrogen-bond acceptors (Lipinski definition) is 5. The van der Waals surface area contributed by atoms with Gasteiger partial charge < -0.3 is 14.5 Å². The highest BCUT2D eigenvalue weighted by molar-refractivity contribution is 7.90. The Morgan fingerprint density at radius 2 is 1.88 bits per heavy atom. The molecule has 0 aliphatic carbocycles. The van der Waals surface area contributed by atoms with Crippen molar-refractivity contribution in [2.75, 3.05) is 52.7 Å². The minimum Gasteiger partial charge on any atom is -0.383 e. The van der Waals surface area contributed by atoms with Crippen molar-refractivity contribution in [2.24, 2.45) is 0 Å². The maximum Gasteiger partial charge on any atom is 0.320 e. The second-order valence-electron chi connectivity index (χ2n) is 6.72. The summed E-state index contributed by atoms with van der Waals surface area (Å²) in [6.45, 7) is 5.09. The normalized spacial score (nSPS) is 21.7. The van der Waals surface area contributed by atoms with Gasteiger partial charge in [0.2, 0.25) is 0 Å². The number of nitrogens with zero attached hydrogens (tertiary/aromatic N) is 3. The summed E-state index contributed by atoms with van der Waals surface area (Å²) in [5.74, 6) is 0. The molecule has 0 N–H and O–H groups in total. The Bertz CT molecular complexity index is 720. The Balaban J connectivity index is 1.59. The van der Waals surface area contributed by atoms with Crippen LogP contribution in [0, 0.1) is 0 Å². The van der Waals surface area contributed by atoms with E-state index in [-0.39, 0.29) is 12.1 Å². The van der Waals surface area contributed by atoms with Crippen molar-refractivity contribution in [1.82, 2.24) is 14.7 Å². The third kappa shape index (κ3) is 4.13. The second-order valence-corrected chi connectivity index (χ2v) is 8.74. The van der Waals surface area contributed by atoms with Gasteiger partial charge in [0.15, 0.2) is 9.84 Å². The lowest BCUT2D eigenvalue weighted by Gasteiger charge is -2.36. The van der Waals surface area contributed by atoms with Crippen LogP contribution >= 0.6 is 0 Å². The lowest BCUT2D eigenvalue weighted by molar-refractivity contribution is 0.116. The summed E-state index contributed by atoms with van der Waals surface area (Å²) in [4.78, 5) is 18.8. The zero-order valence-electron chi connectivity index (χ0n) is 14.7. The largest absolute Gasteiger partial charge is 0.383 e. The summed E-state index contributed by atoms with van der Waals surface area (Å²) in [7, 11) is -1.51. The van der Waals surface area contributed by atoms with Crippen LogP contribution in [0.25, 0.3) is 0 Å². The Labute approximate surface area is 149 Å². The van der Waals surface area contributed by atoms with Crippen LogP contribution in [-0.4, -0.2) is 87.9 Å². The van der Waals surface area contributed by atoms with E-state index in [4.69, 9.17) is 4.74 Å². The van der Waals surface area contributed by atoms with E-state index in [0.29, 0.717) is 18.0 Å². The maximum atomic E-state index is 12.4. The zero-order valence-corrected chi connectivity index (χ0v) is 15.5. The molecule has 2 aliphatic rings. The van der Waals surface area contributed by atoms with Crippen LogP contribution in [0.4, 0.5) is 4.79 Å². The molecule has 0 saturated carbocycles. The number of carbonyl (C=O) groups excluding carboxylic acids is 1. The first-order chi connectivity index (χ1) is 11.9. The van der Waals surface area contributed by atoms with Crippen LogP contribution in [0.1, 0.15) is 5.56 Å². The number of hydrogen-bond donors (Lipinski definition) is 0. The summed E-state index contributed by atoms with van der Waals surface area (Å²) in [6.07, 6.45) is 1.22. The molecule has 0 spiro atoms. The molecule has 3 rings (SSSR count). The molecular weight excluding hydrogens is 342 g/mol. The number of benzene rings is 1. The van der Waals surface area contributed by atoms with Crippen LogP contribution < -0.4 is 0 Å². The van der Waals surface area contributed by atoms with Gasteiger partial charge in [-0.3, -0.25) is 4.90 Å². The van der Waals surface area contributed by atoms with Gasteiger partial charge in [-0.1, -0.05) is 12.1 Å². The number of piperazine rings is 1. The number of methoxy groups -OCH3 is 1. The van der Waals surface area contributed by atoms with E-state index in [1.807, 2.05) is 21.9 Å². The molecule has 0 unspecified atom stereocenters. The van der Waals surface area contributed by atoms with Gasteiger partial charge >= 0.3 is 6.03 Å². The summed E-state index contributed by atoms with van der Waals surface area (Å²) < 4.78 is 28.1. The van der Waals surface area contributed by atoms with E-state index in [0.717, 1.165) is 38.3 Å². The molecule has 2 fully saturated rings. The highest BCUT2D eigenvalue weighted by atomic mass is 32.2. The van der Waals surface area contributed by atoms with E-state index in [9.17, 15) is 13.2 Å². The number of rotatable bonds is 6. The third-order valence-electron chi connectivity index (χ3n) is 4.84. The van der Waals surface area contributed by atoms with Crippen molar-refractivity contribution < 1.29 is 17.9 Å². The lowest BCUT2D eigenvalue weighted by atomic mass is 10.1. The first kappa shape index (κ1) is 18.2. The number of sulfone groups is 1. The first-order valence-corrected chi connectivity index (χ1v) is 10.3. The number of ether oxygens (including phenoxy) is 1. The Kier molecular flexibility index (Phi) is 5.31. The highest BCUT2D eigenvalue weighted by Gasteiger charge is 2.40. The Morgan fingerprint density at radius 1 is 1.16 bits per heavy atom. The molecule has 8 heteroatoms. The van der Waals surface area contributed by atoms with E-state index in [2.05, 4.69) is 4.90 Å². The van der Waals surface area contributed by atoms with Gasteiger partial charge in [0.1, 0.15) is 0 Å². The average molecular weight is 367 g/mol. The molecule has 7 nitrogen and oxygen atoms in total. The summed E-state index contributed by atoms with van der Waals surface area (Å²) in [5, 5.41) is 0. The standard InChI is InChI=1S/C17H25N3O4S/c1-24-10-9-19-13-15-12-18(7-8-20(15)17(19)21)11-14-3-5-16(6-4-14)25(2,22)23/h3-6,15H,7-13H2,1-2H3/t15-/m1/s1. The van der Waals surface area contributed by atoms with Crippen molar-refractivity contribution in [3.05, 3.63) is 29.8 Å². The van der Waals surface area contributed by atoms with Gasteiger partial charge in [0.25, 0.3) is 0 Å². The molecule has 0 bridgehead atoms. The lowest BCUT2D eigenvalue weighted by Crippen LogP contribution is -2.51. The maximum absolute atomic E-state index is 12.4. The number of carbonyl (C=O) groups is 1. The zero-order chi connectivity index (χ0) is 18.0. The van der Waals surface area contributed by atoms with Gasteiger partial charge in [-0.05, 0) is 17.7 Å². The quantitative estimate of drug-likeness (QED) is 0.739. The SMILES string of the molecule is COCCN1C[C@H]2CN(Cc3ccc(S(C)(=O)=O)cc3)CCN2C1=O. The van der Waals surface area contributed by atoms with Gasteiger partial charge in [-0.2, -0.15) is 0 Å². The summed E-state index contributed by atoms with van der Waals surface area (Å²) in [6, 6.07) is 7.38. The van der Waals surface area contributed by atoms with E-state index >= 15 is 0 Å². The van der Waals surface area contributed by atoms with Crippen molar-refractivity contribution in [3.63, 3.8) is 0 Å². The molecule has 25 heavy (non-hydrogen) atoms. The molecule has 1 aromatic rings. The van der Waals surface area contributed by atoms with Crippen molar-refractivity contribution in [2.45, 2.75) is 17.5 Å². The Hall–Kier alpha value is -1.64. The smallest absolute Gasteiger partial charge is 0.320 e. The van der Waals surface area contributed by atoms with E-state index in [1.165, 1.54) is 6.26 Å². The van der Waals surface area contributed by atoms with E-state index < -0.39 is 9.84 Å². The predicted molar refractivity (Wildman–Crippen MR) is 94.2 cm³/mol. The molecule has 138 valence electrons. The molecule has 0 aromatic heterocycles. The number of urea groups is 1.